The first-order valence-electron chi connectivity index (χ1n) is 10.2. The number of rotatable bonds is 7. The standard InChI is InChI=1S/C19H27N9O/c1-2-20-18(22-14-17-24-23-15-8-3-5-11-26(15)17)21-10-7-13-28-19(29)27-12-6-4-9-16(27)25-28/h3,5,8,11H,2,4,6-7,9-10,12-14H2,1H3,(H2,20,21,22). The molecule has 1 aliphatic heterocycles. The van der Waals surface area contributed by atoms with Crippen LogP contribution in [0.15, 0.2) is 34.2 Å². The number of fused-ring (bicyclic) bond motifs is 2. The number of nitrogens with zero attached hydrogens (tertiary/aromatic N) is 7. The van der Waals surface area contributed by atoms with E-state index in [1.807, 2.05) is 40.3 Å². The predicted molar refractivity (Wildman–Crippen MR) is 110 cm³/mol. The van der Waals surface area contributed by atoms with Crippen LogP contribution in [0.25, 0.3) is 5.65 Å². The molecule has 0 aromatic carbocycles. The molecule has 0 bridgehead atoms. The zero-order valence-corrected chi connectivity index (χ0v) is 16.7. The lowest BCUT2D eigenvalue weighted by Gasteiger charge is -2.10. The van der Waals surface area contributed by atoms with Crippen molar-refractivity contribution in [3.8, 4) is 0 Å². The van der Waals surface area contributed by atoms with Crippen molar-refractivity contribution >= 4 is 11.6 Å². The van der Waals surface area contributed by atoms with Gasteiger partial charge in [-0.2, -0.15) is 5.10 Å². The highest BCUT2D eigenvalue weighted by atomic mass is 16.2. The van der Waals surface area contributed by atoms with Gasteiger partial charge in [0.05, 0.1) is 0 Å². The Morgan fingerprint density at radius 2 is 2.17 bits per heavy atom. The molecule has 0 spiro atoms. The normalized spacial score (nSPS) is 14.2. The van der Waals surface area contributed by atoms with Crippen molar-refractivity contribution in [3.63, 3.8) is 0 Å². The van der Waals surface area contributed by atoms with Gasteiger partial charge in [-0.25, -0.2) is 14.5 Å². The first-order valence-corrected chi connectivity index (χ1v) is 10.2. The third-order valence-electron chi connectivity index (χ3n) is 4.98. The molecule has 0 saturated heterocycles. The summed E-state index contributed by atoms with van der Waals surface area (Å²) in [7, 11) is 0. The van der Waals surface area contributed by atoms with Crippen LogP contribution in [-0.2, 0) is 26.1 Å². The molecule has 0 fully saturated rings. The summed E-state index contributed by atoms with van der Waals surface area (Å²) in [6, 6.07) is 5.80. The van der Waals surface area contributed by atoms with Gasteiger partial charge in [0.15, 0.2) is 17.4 Å². The van der Waals surface area contributed by atoms with Crippen LogP contribution >= 0.6 is 0 Å². The summed E-state index contributed by atoms with van der Waals surface area (Å²) in [4.78, 5) is 17.0. The van der Waals surface area contributed by atoms with E-state index < -0.39 is 0 Å². The van der Waals surface area contributed by atoms with E-state index in [0.29, 0.717) is 19.6 Å². The van der Waals surface area contributed by atoms with Crippen LogP contribution in [0.1, 0.15) is 37.8 Å². The Morgan fingerprint density at radius 3 is 3.03 bits per heavy atom. The summed E-state index contributed by atoms with van der Waals surface area (Å²) >= 11 is 0. The summed E-state index contributed by atoms with van der Waals surface area (Å²) in [5, 5.41) is 19.4. The van der Waals surface area contributed by atoms with Gasteiger partial charge in [-0.15, -0.1) is 10.2 Å². The molecule has 0 saturated carbocycles. The average Bonchev–Trinajstić information content (AvgIpc) is 3.30. The molecule has 0 amide bonds. The predicted octanol–water partition coefficient (Wildman–Crippen LogP) is 0.569. The molecule has 0 unspecified atom stereocenters. The molecule has 3 aromatic rings. The van der Waals surface area contributed by atoms with E-state index in [1.54, 1.807) is 4.68 Å². The molecule has 0 radical (unpaired) electrons. The van der Waals surface area contributed by atoms with Gasteiger partial charge in [-0.05, 0) is 38.3 Å². The number of pyridine rings is 1. The smallest absolute Gasteiger partial charge is 0.345 e. The molecule has 10 nitrogen and oxygen atoms in total. The van der Waals surface area contributed by atoms with Crippen LogP contribution in [-0.4, -0.2) is 48.0 Å². The summed E-state index contributed by atoms with van der Waals surface area (Å²) in [5.74, 6) is 2.43. The highest BCUT2D eigenvalue weighted by Crippen LogP contribution is 2.09. The van der Waals surface area contributed by atoms with Crippen molar-refractivity contribution in [2.45, 2.75) is 52.2 Å². The summed E-state index contributed by atoms with van der Waals surface area (Å²) in [6.45, 7) is 5.30. The largest absolute Gasteiger partial charge is 0.357 e. The van der Waals surface area contributed by atoms with Gasteiger partial charge in [0.1, 0.15) is 12.4 Å². The van der Waals surface area contributed by atoms with Gasteiger partial charge in [0.2, 0.25) is 0 Å². The summed E-state index contributed by atoms with van der Waals surface area (Å²) < 4.78 is 5.33. The minimum atomic E-state index is 0.0129. The van der Waals surface area contributed by atoms with Crippen LogP contribution in [0.5, 0.6) is 0 Å². The molecule has 2 N–H and O–H groups in total. The van der Waals surface area contributed by atoms with Gasteiger partial charge in [-0.1, -0.05) is 6.07 Å². The number of aliphatic imine (C=N–C) groups is 1. The molecule has 3 aromatic heterocycles. The van der Waals surface area contributed by atoms with Crippen molar-refractivity contribution in [3.05, 3.63) is 46.5 Å². The highest BCUT2D eigenvalue weighted by Gasteiger charge is 2.16. The maximum Gasteiger partial charge on any atom is 0.345 e. The Morgan fingerprint density at radius 1 is 1.24 bits per heavy atom. The van der Waals surface area contributed by atoms with E-state index in [-0.39, 0.29) is 5.69 Å². The second-order valence-electron chi connectivity index (χ2n) is 7.05. The van der Waals surface area contributed by atoms with Gasteiger partial charge in [-0.3, -0.25) is 8.97 Å². The second kappa shape index (κ2) is 8.89. The Bertz CT molecular complexity index is 1050. The van der Waals surface area contributed by atoms with E-state index in [2.05, 4.69) is 30.9 Å². The van der Waals surface area contributed by atoms with E-state index in [4.69, 9.17) is 0 Å². The fourth-order valence-corrected chi connectivity index (χ4v) is 3.52. The minimum Gasteiger partial charge on any atom is -0.357 e. The van der Waals surface area contributed by atoms with Gasteiger partial charge in [0.25, 0.3) is 0 Å². The van der Waals surface area contributed by atoms with Crippen LogP contribution in [0.2, 0.25) is 0 Å². The lowest BCUT2D eigenvalue weighted by molar-refractivity contribution is 0.509. The molecule has 29 heavy (non-hydrogen) atoms. The van der Waals surface area contributed by atoms with E-state index in [9.17, 15) is 4.79 Å². The number of hydrogen-bond donors (Lipinski definition) is 2. The third kappa shape index (κ3) is 4.30. The Hall–Kier alpha value is -3.17. The Balaban J connectivity index is 1.32. The first-order chi connectivity index (χ1) is 14.3. The summed E-state index contributed by atoms with van der Waals surface area (Å²) in [6.07, 6.45) is 5.79. The van der Waals surface area contributed by atoms with Gasteiger partial charge >= 0.3 is 5.69 Å². The fraction of sp³-hybridized carbons (Fsp3) is 0.526. The quantitative estimate of drug-likeness (QED) is 0.343. The number of nitrogens with one attached hydrogen (secondary N) is 2. The molecule has 4 rings (SSSR count). The average molecular weight is 397 g/mol. The lowest BCUT2D eigenvalue weighted by Crippen LogP contribution is -2.38. The monoisotopic (exact) mass is 397 g/mol. The second-order valence-corrected chi connectivity index (χ2v) is 7.05. The van der Waals surface area contributed by atoms with E-state index >= 15 is 0 Å². The topological polar surface area (TPSA) is 106 Å². The van der Waals surface area contributed by atoms with E-state index in [0.717, 1.165) is 62.0 Å². The van der Waals surface area contributed by atoms with Crippen LogP contribution < -0.4 is 16.3 Å². The molecular weight excluding hydrogens is 370 g/mol. The molecule has 10 heteroatoms. The zero-order valence-electron chi connectivity index (χ0n) is 16.7. The number of aromatic nitrogens is 6. The molecule has 0 aliphatic carbocycles. The fourth-order valence-electron chi connectivity index (χ4n) is 3.52. The molecule has 4 heterocycles. The molecule has 0 atom stereocenters. The van der Waals surface area contributed by atoms with Crippen molar-refractivity contribution in [1.29, 1.82) is 0 Å². The van der Waals surface area contributed by atoms with Crippen molar-refractivity contribution in [2.24, 2.45) is 4.99 Å². The van der Waals surface area contributed by atoms with Crippen molar-refractivity contribution in [2.75, 3.05) is 13.1 Å². The van der Waals surface area contributed by atoms with Crippen LogP contribution in [0.4, 0.5) is 0 Å². The van der Waals surface area contributed by atoms with Gasteiger partial charge < -0.3 is 10.6 Å². The maximum absolute atomic E-state index is 12.4. The maximum atomic E-state index is 12.4. The number of hydrogen-bond acceptors (Lipinski definition) is 5. The van der Waals surface area contributed by atoms with Crippen molar-refractivity contribution < 1.29 is 0 Å². The Labute approximate surface area is 168 Å². The SMILES string of the molecule is CCNC(=NCc1nnc2ccccn12)NCCCn1nc2n(c1=O)CCCC2. The molecule has 154 valence electrons. The van der Waals surface area contributed by atoms with E-state index in [1.165, 1.54) is 0 Å². The highest BCUT2D eigenvalue weighted by molar-refractivity contribution is 5.79. The minimum absolute atomic E-state index is 0.0129. The summed E-state index contributed by atoms with van der Waals surface area (Å²) in [5.41, 5.74) is 0.822. The Kier molecular flexibility index (Phi) is 5.87. The van der Waals surface area contributed by atoms with Crippen molar-refractivity contribution in [1.82, 2.24) is 39.6 Å². The van der Waals surface area contributed by atoms with Crippen LogP contribution in [0.3, 0.4) is 0 Å². The molecular formula is C19H27N9O. The lowest BCUT2D eigenvalue weighted by atomic mass is 10.2. The first kappa shape index (κ1) is 19.2. The number of guanidine groups is 1. The van der Waals surface area contributed by atoms with Gasteiger partial charge in [0, 0.05) is 38.8 Å². The van der Waals surface area contributed by atoms with Crippen LogP contribution in [0, 0.1) is 0 Å². The number of aryl methyl sites for hydroxylation is 2. The molecule has 1 aliphatic rings. The third-order valence-corrected chi connectivity index (χ3v) is 4.98. The zero-order chi connectivity index (χ0) is 20.1.